The molecular weight excluding hydrogens is 368 g/mol. The van der Waals surface area contributed by atoms with E-state index in [1.807, 2.05) is 0 Å². The van der Waals surface area contributed by atoms with Crippen LogP contribution >= 0.6 is 11.3 Å². The Morgan fingerprint density at radius 3 is 1.59 bits per heavy atom. The molecule has 6 rings (SSSR count). The minimum Gasteiger partial charge on any atom is -0.136 e. The molecule has 29 heavy (non-hydrogen) atoms. The maximum atomic E-state index is 4.22. The van der Waals surface area contributed by atoms with E-state index in [2.05, 4.69) is 98.1 Å². The largest absolute Gasteiger partial charge is 0.136 e. The second-order valence-electron chi connectivity index (χ2n) is 7.57. The van der Waals surface area contributed by atoms with Gasteiger partial charge in [0.15, 0.2) is 0 Å². The van der Waals surface area contributed by atoms with Crippen molar-refractivity contribution >= 4 is 66.9 Å². The molecule has 0 spiro atoms. The molecular formula is C28H18S. The predicted octanol–water partition coefficient (Wildman–Crippen LogP) is 6.85. The maximum Gasteiger partial charge on any atom is 0.0355 e. The third kappa shape index (κ3) is 2.38. The van der Waals surface area contributed by atoms with Gasteiger partial charge in [-0.1, -0.05) is 79.9 Å². The highest BCUT2D eigenvalue weighted by Crippen LogP contribution is 2.37. The number of hydrogen-bond acceptors (Lipinski definition) is 1. The fourth-order valence-electron chi connectivity index (χ4n) is 4.47. The number of thiophene rings is 1. The molecule has 136 valence electrons. The Kier molecular flexibility index (Phi) is 3.44. The normalized spacial score (nSPS) is 11.7. The molecule has 0 aliphatic rings. The van der Waals surface area contributed by atoms with Crippen molar-refractivity contribution in [2.24, 2.45) is 0 Å². The van der Waals surface area contributed by atoms with Gasteiger partial charge >= 0.3 is 0 Å². The van der Waals surface area contributed by atoms with E-state index in [4.69, 9.17) is 0 Å². The summed E-state index contributed by atoms with van der Waals surface area (Å²) in [5, 5.41) is 10.1. The summed E-state index contributed by atoms with van der Waals surface area (Å²) in [5.74, 6) is 0. The van der Waals surface area contributed by atoms with Crippen LogP contribution in [-0.2, 0) is 0 Å². The molecule has 1 heterocycles. The lowest BCUT2D eigenvalue weighted by Crippen LogP contribution is -2.13. The van der Waals surface area contributed by atoms with Crippen molar-refractivity contribution in [1.82, 2.24) is 0 Å². The van der Waals surface area contributed by atoms with Crippen LogP contribution in [0.15, 0.2) is 84.9 Å². The fraction of sp³-hybridized carbons (Fsp3) is 0. The lowest BCUT2D eigenvalue weighted by Gasteiger charge is -2.12. The highest BCUT2D eigenvalue weighted by atomic mass is 32.1. The van der Waals surface area contributed by atoms with Gasteiger partial charge in [-0.25, -0.2) is 0 Å². The first-order valence-corrected chi connectivity index (χ1v) is 10.6. The van der Waals surface area contributed by atoms with Gasteiger partial charge in [0.1, 0.15) is 0 Å². The first kappa shape index (κ1) is 16.5. The summed E-state index contributed by atoms with van der Waals surface area (Å²) >= 11 is 1.71. The predicted molar refractivity (Wildman–Crippen MR) is 130 cm³/mol. The number of hydrogen-bond donors (Lipinski definition) is 0. The van der Waals surface area contributed by atoms with Crippen LogP contribution in [0.5, 0.6) is 0 Å². The van der Waals surface area contributed by atoms with Crippen LogP contribution in [0, 0.1) is 0 Å². The Labute approximate surface area is 172 Å². The summed E-state index contributed by atoms with van der Waals surface area (Å²) in [6, 6.07) is 30.9. The average molecular weight is 387 g/mol. The second-order valence-corrected chi connectivity index (χ2v) is 8.70. The monoisotopic (exact) mass is 386 g/mol. The molecule has 0 unspecified atom stereocenters. The summed E-state index contributed by atoms with van der Waals surface area (Å²) in [5.41, 5.74) is 2.45. The molecule has 0 bridgehead atoms. The van der Waals surface area contributed by atoms with Crippen LogP contribution in [0.1, 0.15) is 0 Å². The summed E-state index contributed by atoms with van der Waals surface area (Å²) in [4.78, 5) is 0. The van der Waals surface area contributed by atoms with Crippen molar-refractivity contribution in [3.8, 4) is 11.1 Å². The Bertz CT molecular complexity index is 1650. The standard InChI is InChI=1S/C28H18S/c1-17-18(2)29-28-14-12-20(15-26(17)28)19-11-13-25-23-9-4-3-7-21(23)22-8-5-6-10-24(22)27(25)16-19/h3-16H,1-2H2. The Morgan fingerprint density at radius 2 is 0.966 bits per heavy atom. The lowest BCUT2D eigenvalue weighted by atomic mass is 9.92. The van der Waals surface area contributed by atoms with E-state index in [-0.39, 0.29) is 0 Å². The molecule has 0 saturated carbocycles. The Morgan fingerprint density at radius 1 is 0.483 bits per heavy atom. The van der Waals surface area contributed by atoms with Crippen LogP contribution in [-0.4, -0.2) is 0 Å². The van der Waals surface area contributed by atoms with E-state index in [0.717, 1.165) is 9.75 Å². The smallest absolute Gasteiger partial charge is 0.0355 e. The van der Waals surface area contributed by atoms with Gasteiger partial charge in [-0.05, 0) is 66.9 Å². The molecule has 0 saturated heterocycles. The fourth-order valence-corrected chi connectivity index (χ4v) is 5.39. The van der Waals surface area contributed by atoms with Crippen LogP contribution in [0.2, 0.25) is 0 Å². The van der Waals surface area contributed by atoms with E-state index < -0.39 is 0 Å². The number of rotatable bonds is 1. The first-order valence-electron chi connectivity index (χ1n) is 9.75. The highest BCUT2D eigenvalue weighted by molar-refractivity contribution is 7.17. The molecule has 0 atom stereocenters. The van der Waals surface area contributed by atoms with Crippen molar-refractivity contribution in [3.05, 3.63) is 94.7 Å². The highest BCUT2D eigenvalue weighted by Gasteiger charge is 2.10. The summed E-state index contributed by atoms with van der Waals surface area (Å²) < 4.78 is 2.30. The third-order valence-electron chi connectivity index (χ3n) is 5.95. The van der Waals surface area contributed by atoms with Crippen molar-refractivity contribution in [3.63, 3.8) is 0 Å². The van der Waals surface area contributed by atoms with E-state index in [1.54, 1.807) is 11.3 Å². The van der Waals surface area contributed by atoms with Crippen LogP contribution < -0.4 is 9.75 Å². The minimum atomic E-state index is 1.05. The lowest BCUT2D eigenvalue weighted by molar-refractivity contribution is 1.70. The topological polar surface area (TPSA) is 0 Å². The summed E-state index contributed by atoms with van der Waals surface area (Å²) in [6.45, 7) is 8.34. The van der Waals surface area contributed by atoms with Crippen LogP contribution in [0.25, 0.3) is 66.7 Å². The van der Waals surface area contributed by atoms with Crippen molar-refractivity contribution in [2.75, 3.05) is 0 Å². The van der Waals surface area contributed by atoms with E-state index in [1.165, 1.54) is 53.5 Å². The van der Waals surface area contributed by atoms with Gasteiger partial charge in [0.25, 0.3) is 0 Å². The van der Waals surface area contributed by atoms with Gasteiger partial charge in [-0.15, -0.1) is 11.3 Å². The quantitative estimate of drug-likeness (QED) is 0.271. The molecule has 0 aliphatic heterocycles. The van der Waals surface area contributed by atoms with Crippen molar-refractivity contribution in [2.45, 2.75) is 0 Å². The number of benzene rings is 5. The van der Waals surface area contributed by atoms with E-state index >= 15 is 0 Å². The van der Waals surface area contributed by atoms with Crippen molar-refractivity contribution < 1.29 is 0 Å². The molecule has 0 aliphatic carbocycles. The zero-order valence-electron chi connectivity index (χ0n) is 15.9. The molecule has 1 heteroatoms. The van der Waals surface area contributed by atoms with Gasteiger partial charge in [0.2, 0.25) is 0 Å². The van der Waals surface area contributed by atoms with Gasteiger partial charge in [-0.3, -0.25) is 0 Å². The minimum absolute atomic E-state index is 1.05. The molecule has 0 radical (unpaired) electrons. The summed E-state index contributed by atoms with van der Waals surface area (Å²) in [6.07, 6.45) is 0. The van der Waals surface area contributed by atoms with Crippen LogP contribution in [0.3, 0.4) is 0 Å². The molecule has 0 fully saturated rings. The Hall–Kier alpha value is -3.42. The van der Waals surface area contributed by atoms with Gasteiger partial charge < -0.3 is 0 Å². The van der Waals surface area contributed by atoms with Crippen LogP contribution in [0.4, 0.5) is 0 Å². The third-order valence-corrected chi connectivity index (χ3v) is 7.02. The van der Waals surface area contributed by atoms with Gasteiger partial charge in [-0.2, -0.15) is 0 Å². The second kappa shape index (κ2) is 6.04. The van der Waals surface area contributed by atoms with E-state index in [0.29, 0.717) is 0 Å². The average Bonchev–Trinajstić information content (AvgIpc) is 3.06. The molecule has 1 aromatic heterocycles. The first-order chi connectivity index (χ1) is 14.2. The molecule has 6 aromatic rings. The zero-order chi connectivity index (χ0) is 19.5. The molecule has 0 amide bonds. The SMILES string of the molecule is C=c1sc2ccc(-c3ccc4c5ccccc5c5ccccc5c4c3)cc2c1=C. The van der Waals surface area contributed by atoms with Crippen molar-refractivity contribution in [1.29, 1.82) is 0 Å². The number of fused-ring (bicyclic) bond motifs is 7. The molecule has 5 aromatic carbocycles. The summed E-state index contributed by atoms with van der Waals surface area (Å²) in [7, 11) is 0. The molecule has 0 nitrogen and oxygen atoms in total. The zero-order valence-corrected chi connectivity index (χ0v) is 16.7. The Balaban J connectivity index is 1.71. The van der Waals surface area contributed by atoms with Gasteiger partial charge in [0.05, 0.1) is 0 Å². The molecule has 0 N–H and O–H groups in total. The maximum absolute atomic E-state index is 4.22. The van der Waals surface area contributed by atoms with Gasteiger partial charge in [0, 0.05) is 14.6 Å². The van der Waals surface area contributed by atoms with E-state index in [9.17, 15) is 0 Å².